The average molecular weight is 323 g/mol. The fraction of sp³-hybridized carbons (Fsp3) is 0.417. The summed E-state index contributed by atoms with van der Waals surface area (Å²) in [4.78, 5) is 13.1. The first kappa shape index (κ1) is 12.6. The van der Waals surface area contributed by atoms with Crippen molar-refractivity contribution in [2.75, 3.05) is 31.1 Å². The van der Waals surface area contributed by atoms with Crippen LogP contribution in [0.5, 0.6) is 0 Å². The molecule has 6 nitrogen and oxygen atoms in total. The summed E-state index contributed by atoms with van der Waals surface area (Å²) in [6.07, 6.45) is 9.07. The van der Waals surface area contributed by atoms with Crippen LogP contribution in [0.25, 0.3) is 0 Å². The highest BCUT2D eigenvalue weighted by Gasteiger charge is 2.18. The number of anilines is 1. The maximum Gasteiger partial charge on any atom is 0.147 e. The molecule has 0 aliphatic carbocycles. The van der Waals surface area contributed by atoms with E-state index in [1.54, 1.807) is 12.4 Å². The first-order chi connectivity index (χ1) is 9.31. The van der Waals surface area contributed by atoms with Crippen molar-refractivity contribution in [2.24, 2.45) is 0 Å². The Labute approximate surface area is 120 Å². The molecule has 0 spiro atoms. The molecule has 19 heavy (non-hydrogen) atoms. The van der Waals surface area contributed by atoms with Gasteiger partial charge >= 0.3 is 0 Å². The Morgan fingerprint density at radius 2 is 1.95 bits per heavy atom. The quantitative estimate of drug-likeness (QED) is 0.850. The summed E-state index contributed by atoms with van der Waals surface area (Å²) in [5, 5.41) is 4.28. The molecule has 2 aromatic heterocycles. The zero-order valence-corrected chi connectivity index (χ0v) is 12.1. The van der Waals surface area contributed by atoms with Crippen LogP contribution < -0.4 is 4.90 Å². The lowest BCUT2D eigenvalue weighted by molar-refractivity contribution is 0.195. The zero-order chi connectivity index (χ0) is 13.1. The molecule has 2 aromatic rings. The second-order valence-electron chi connectivity index (χ2n) is 4.51. The molecular formula is C12H15BrN6. The average Bonchev–Trinajstić information content (AvgIpc) is 2.86. The Bertz CT molecular complexity index is 520. The number of halogens is 1. The summed E-state index contributed by atoms with van der Waals surface area (Å²) in [5.41, 5.74) is 0. The lowest BCUT2D eigenvalue weighted by atomic mass is 10.3. The maximum absolute atomic E-state index is 4.34. The molecule has 3 heterocycles. The number of piperazine rings is 1. The van der Waals surface area contributed by atoms with Crippen molar-refractivity contribution in [3.05, 3.63) is 35.5 Å². The van der Waals surface area contributed by atoms with Gasteiger partial charge in [-0.05, 0) is 15.9 Å². The van der Waals surface area contributed by atoms with Gasteiger partial charge in [-0.15, -0.1) is 0 Å². The van der Waals surface area contributed by atoms with Crippen molar-refractivity contribution in [1.29, 1.82) is 0 Å². The molecule has 3 rings (SSSR count). The van der Waals surface area contributed by atoms with Gasteiger partial charge in [-0.25, -0.2) is 4.98 Å². The predicted molar refractivity (Wildman–Crippen MR) is 75.7 cm³/mol. The molecule has 0 saturated carbocycles. The number of aromatic nitrogens is 4. The predicted octanol–water partition coefficient (Wildman–Crippen LogP) is 1.22. The summed E-state index contributed by atoms with van der Waals surface area (Å²) >= 11 is 3.41. The van der Waals surface area contributed by atoms with Gasteiger partial charge in [-0.3, -0.25) is 14.6 Å². The van der Waals surface area contributed by atoms with E-state index in [4.69, 9.17) is 0 Å². The number of hydrogen-bond acceptors (Lipinski definition) is 5. The minimum absolute atomic E-state index is 0.833. The van der Waals surface area contributed by atoms with Crippen molar-refractivity contribution in [3.63, 3.8) is 0 Å². The normalized spacial score (nSPS) is 16.8. The standard InChI is InChI=1S/C12H15BrN6/c13-11-7-16-19(9-11)10-17-3-5-18(6-4-17)12-8-14-1-2-15-12/h1-2,7-9H,3-6,10H2. The van der Waals surface area contributed by atoms with Crippen LogP contribution in [-0.4, -0.2) is 50.8 Å². The number of rotatable bonds is 3. The molecule has 0 unspecified atom stereocenters. The second kappa shape index (κ2) is 5.66. The van der Waals surface area contributed by atoms with E-state index in [2.05, 4.69) is 40.8 Å². The fourth-order valence-corrected chi connectivity index (χ4v) is 2.52. The minimum Gasteiger partial charge on any atom is -0.353 e. The largest absolute Gasteiger partial charge is 0.353 e. The van der Waals surface area contributed by atoms with Gasteiger partial charge in [-0.1, -0.05) is 0 Å². The van der Waals surface area contributed by atoms with Gasteiger partial charge in [-0.2, -0.15) is 5.10 Å². The number of hydrogen-bond donors (Lipinski definition) is 0. The van der Waals surface area contributed by atoms with Crippen molar-refractivity contribution >= 4 is 21.7 Å². The summed E-state index contributed by atoms with van der Waals surface area (Å²) in [6.45, 7) is 4.80. The third kappa shape index (κ3) is 3.10. The van der Waals surface area contributed by atoms with E-state index in [1.807, 2.05) is 23.3 Å². The molecular weight excluding hydrogens is 308 g/mol. The molecule has 1 aliphatic rings. The molecule has 1 saturated heterocycles. The lowest BCUT2D eigenvalue weighted by Gasteiger charge is -2.34. The van der Waals surface area contributed by atoms with Gasteiger partial charge in [0.25, 0.3) is 0 Å². The van der Waals surface area contributed by atoms with E-state index in [9.17, 15) is 0 Å². The smallest absolute Gasteiger partial charge is 0.147 e. The summed E-state index contributed by atoms with van der Waals surface area (Å²) < 4.78 is 2.97. The van der Waals surface area contributed by atoms with E-state index in [0.29, 0.717) is 0 Å². The molecule has 1 fully saturated rings. The molecule has 100 valence electrons. The topological polar surface area (TPSA) is 50.1 Å². The Morgan fingerprint density at radius 3 is 2.58 bits per heavy atom. The monoisotopic (exact) mass is 322 g/mol. The molecule has 0 amide bonds. The number of nitrogens with zero attached hydrogens (tertiary/aromatic N) is 6. The Kier molecular flexibility index (Phi) is 3.74. The van der Waals surface area contributed by atoms with Crippen LogP contribution in [0.2, 0.25) is 0 Å². The highest BCUT2D eigenvalue weighted by Crippen LogP contribution is 2.12. The lowest BCUT2D eigenvalue weighted by Crippen LogP contribution is -2.47. The van der Waals surface area contributed by atoms with Crippen LogP contribution in [0.1, 0.15) is 0 Å². The first-order valence-electron chi connectivity index (χ1n) is 6.22. The maximum atomic E-state index is 4.34. The highest BCUT2D eigenvalue weighted by atomic mass is 79.9. The van der Waals surface area contributed by atoms with Crippen LogP contribution >= 0.6 is 15.9 Å². The molecule has 0 atom stereocenters. The van der Waals surface area contributed by atoms with Gasteiger partial charge in [0.2, 0.25) is 0 Å². The van der Waals surface area contributed by atoms with Crippen LogP contribution in [0, 0.1) is 0 Å². The minimum atomic E-state index is 0.833. The van der Waals surface area contributed by atoms with Crippen LogP contribution in [0.3, 0.4) is 0 Å². The van der Waals surface area contributed by atoms with Crippen LogP contribution in [-0.2, 0) is 6.67 Å². The van der Waals surface area contributed by atoms with Gasteiger partial charge in [0, 0.05) is 44.8 Å². The molecule has 1 aliphatic heterocycles. The summed E-state index contributed by atoms with van der Waals surface area (Å²) in [7, 11) is 0. The van der Waals surface area contributed by atoms with Gasteiger partial charge in [0.05, 0.1) is 23.5 Å². The van der Waals surface area contributed by atoms with Crippen molar-refractivity contribution in [1.82, 2.24) is 24.6 Å². The molecule has 0 bridgehead atoms. The van der Waals surface area contributed by atoms with Crippen LogP contribution in [0.15, 0.2) is 35.5 Å². The van der Waals surface area contributed by atoms with E-state index >= 15 is 0 Å². The molecule has 0 N–H and O–H groups in total. The Morgan fingerprint density at radius 1 is 1.11 bits per heavy atom. The molecule has 7 heteroatoms. The van der Waals surface area contributed by atoms with Crippen molar-refractivity contribution in [2.45, 2.75) is 6.67 Å². The third-order valence-electron chi connectivity index (χ3n) is 3.19. The first-order valence-corrected chi connectivity index (χ1v) is 7.02. The van der Waals surface area contributed by atoms with Crippen LogP contribution in [0.4, 0.5) is 5.82 Å². The van der Waals surface area contributed by atoms with Gasteiger partial charge < -0.3 is 4.90 Å². The zero-order valence-electron chi connectivity index (χ0n) is 10.5. The SMILES string of the molecule is Brc1cnn(CN2CCN(c3cnccn3)CC2)c1. The Hall–Kier alpha value is -1.47. The van der Waals surface area contributed by atoms with E-state index in [1.165, 1.54) is 0 Å². The summed E-state index contributed by atoms with van der Waals surface area (Å²) in [6, 6.07) is 0. The van der Waals surface area contributed by atoms with E-state index in [-0.39, 0.29) is 0 Å². The highest BCUT2D eigenvalue weighted by molar-refractivity contribution is 9.10. The fourth-order valence-electron chi connectivity index (χ4n) is 2.19. The molecule has 0 radical (unpaired) electrons. The molecule has 0 aromatic carbocycles. The third-order valence-corrected chi connectivity index (χ3v) is 3.60. The second-order valence-corrected chi connectivity index (χ2v) is 5.42. The van der Waals surface area contributed by atoms with Crippen molar-refractivity contribution < 1.29 is 0 Å². The summed E-state index contributed by atoms with van der Waals surface area (Å²) in [5.74, 6) is 0.962. The van der Waals surface area contributed by atoms with Crippen molar-refractivity contribution in [3.8, 4) is 0 Å². The van der Waals surface area contributed by atoms with E-state index < -0.39 is 0 Å². The Balaban J connectivity index is 1.55. The van der Waals surface area contributed by atoms with Gasteiger partial charge in [0.1, 0.15) is 5.82 Å². The van der Waals surface area contributed by atoms with Gasteiger partial charge in [0.15, 0.2) is 0 Å². The van der Waals surface area contributed by atoms with E-state index in [0.717, 1.165) is 43.1 Å².